The predicted molar refractivity (Wildman–Crippen MR) is 364 cm³/mol. The third kappa shape index (κ3) is 11.8. The molecule has 0 amide bonds. The largest absolute Gasteiger partial charge is 0.310 e. The molecule has 0 radical (unpaired) electrons. The average Bonchev–Trinajstić information content (AvgIpc) is 2.32. The maximum absolute atomic E-state index is 2.41. The third-order valence-corrected chi connectivity index (χ3v) is 17.2. The summed E-state index contributed by atoms with van der Waals surface area (Å²) >= 11 is 0. The van der Waals surface area contributed by atoms with Crippen molar-refractivity contribution < 1.29 is 0 Å². The summed E-state index contributed by atoms with van der Waals surface area (Å²) in [6.45, 7) is 31.4. The Morgan fingerprint density at radius 1 is 0.202 bits per heavy atom. The number of nitrogens with zero attached hydrogens (tertiary/aromatic N) is 2. The van der Waals surface area contributed by atoms with Crippen molar-refractivity contribution in [3.8, 4) is 66.8 Å². The highest BCUT2D eigenvalue weighted by Crippen LogP contribution is 2.44. The zero-order chi connectivity index (χ0) is 59.2. The molecule has 0 unspecified atom stereocenters. The van der Waals surface area contributed by atoms with Crippen LogP contribution < -0.4 is 9.80 Å². The van der Waals surface area contributed by atoms with Crippen molar-refractivity contribution >= 4 is 34.1 Å². The van der Waals surface area contributed by atoms with Gasteiger partial charge in [-0.25, -0.2) is 0 Å². The molecule has 84 heavy (non-hydrogen) atoms. The Labute approximate surface area is 501 Å². The third-order valence-electron chi connectivity index (χ3n) is 17.2. The molecule has 0 aliphatic heterocycles. The highest BCUT2D eigenvalue weighted by Gasteiger charge is 2.22. The van der Waals surface area contributed by atoms with E-state index in [9.17, 15) is 0 Å². The van der Waals surface area contributed by atoms with Crippen LogP contribution in [0, 0.1) is 55.4 Å². The lowest BCUT2D eigenvalue weighted by Gasteiger charge is -2.28. The average molecular weight is 1090 g/mol. The number of anilines is 6. The first-order chi connectivity index (χ1) is 40.2. The number of rotatable bonds is 12. The van der Waals surface area contributed by atoms with E-state index in [1.54, 1.807) is 0 Å². The number of hydrogen-bond acceptors (Lipinski definition) is 2. The van der Waals surface area contributed by atoms with Gasteiger partial charge < -0.3 is 9.80 Å². The summed E-state index contributed by atoms with van der Waals surface area (Å²) in [5.74, 6) is 0. The minimum Gasteiger partial charge on any atom is -0.310 e. The minimum absolute atomic E-state index is 0.106. The lowest BCUT2D eigenvalue weighted by molar-refractivity contribution is 0.590. The van der Waals surface area contributed by atoms with Crippen LogP contribution in [-0.2, 0) is 10.8 Å². The molecule has 11 aromatic carbocycles. The van der Waals surface area contributed by atoms with Gasteiger partial charge in [0.25, 0.3) is 0 Å². The number of aryl methyl sites for hydroxylation is 8. The molecule has 0 N–H and O–H groups in total. The molecule has 0 saturated carbocycles. The van der Waals surface area contributed by atoms with Gasteiger partial charge in [0.05, 0.1) is 0 Å². The van der Waals surface area contributed by atoms with Gasteiger partial charge in [0.2, 0.25) is 0 Å². The molecule has 0 atom stereocenters. The molecule has 418 valence electrons. The number of hydrogen-bond donors (Lipinski definition) is 0. The number of benzene rings is 11. The molecule has 11 aromatic rings. The van der Waals surface area contributed by atoms with Crippen LogP contribution in [0.15, 0.2) is 231 Å². The second-order valence-electron chi connectivity index (χ2n) is 25.6. The summed E-state index contributed by atoms with van der Waals surface area (Å²) in [4.78, 5) is 4.82. The quantitative estimate of drug-likeness (QED) is 0.120. The fourth-order valence-corrected chi connectivity index (χ4v) is 12.1. The monoisotopic (exact) mass is 1090 g/mol. The Morgan fingerprint density at radius 2 is 0.429 bits per heavy atom. The van der Waals surface area contributed by atoms with Gasteiger partial charge in [0.1, 0.15) is 0 Å². The van der Waals surface area contributed by atoms with E-state index in [0.29, 0.717) is 0 Å². The molecule has 0 saturated heterocycles. The van der Waals surface area contributed by atoms with Gasteiger partial charge in [-0.15, -0.1) is 0 Å². The van der Waals surface area contributed by atoms with E-state index in [1.165, 1.54) is 122 Å². The van der Waals surface area contributed by atoms with Crippen LogP contribution in [0.2, 0.25) is 0 Å². The van der Waals surface area contributed by atoms with Gasteiger partial charge >= 0.3 is 0 Å². The Kier molecular flexibility index (Phi) is 15.6. The van der Waals surface area contributed by atoms with Crippen molar-refractivity contribution in [3.05, 3.63) is 286 Å². The van der Waals surface area contributed by atoms with Gasteiger partial charge in [0, 0.05) is 34.1 Å². The molecule has 0 aromatic heterocycles. The lowest BCUT2D eigenvalue weighted by atomic mass is 9.86. The van der Waals surface area contributed by atoms with E-state index < -0.39 is 0 Å². The Balaban J connectivity index is 0.917. The normalized spacial score (nSPS) is 11.7. The van der Waals surface area contributed by atoms with Gasteiger partial charge in [-0.3, -0.25) is 0 Å². The molecule has 11 rings (SSSR count). The topological polar surface area (TPSA) is 6.48 Å². The fraction of sp³-hybridized carbons (Fsp3) is 0.195. The first kappa shape index (κ1) is 56.9. The molecule has 0 heterocycles. The van der Waals surface area contributed by atoms with E-state index in [1.807, 2.05) is 0 Å². The van der Waals surface area contributed by atoms with Gasteiger partial charge in [-0.1, -0.05) is 210 Å². The summed E-state index contributed by atoms with van der Waals surface area (Å²) < 4.78 is 0. The van der Waals surface area contributed by atoms with Gasteiger partial charge in [0.15, 0.2) is 0 Å². The molecule has 0 aliphatic rings. The molecule has 2 heteroatoms. The Bertz CT molecular complexity index is 3890. The van der Waals surface area contributed by atoms with Crippen molar-refractivity contribution in [2.75, 3.05) is 9.80 Å². The van der Waals surface area contributed by atoms with Crippen LogP contribution in [-0.4, -0.2) is 0 Å². The fourth-order valence-electron chi connectivity index (χ4n) is 12.1. The van der Waals surface area contributed by atoms with Crippen LogP contribution in [0.1, 0.15) is 97.2 Å². The highest BCUT2D eigenvalue weighted by atomic mass is 15.1. The maximum Gasteiger partial charge on any atom is 0.0464 e. The van der Waals surface area contributed by atoms with E-state index >= 15 is 0 Å². The van der Waals surface area contributed by atoms with E-state index in [-0.39, 0.29) is 10.8 Å². The van der Waals surface area contributed by atoms with E-state index in [2.05, 4.69) is 337 Å². The second kappa shape index (κ2) is 23.0. The van der Waals surface area contributed by atoms with E-state index in [0.717, 1.165) is 34.1 Å². The zero-order valence-corrected chi connectivity index (χ0v) is 51.8. The van der Waals surface area contributed by atoms with Gasteiger partial charge in [-0.2, -0.15) is 0 Å². The van der Waals surface area contributed by atoms with Crippen LogP contribution in [0.3, 0.4) is 0 Å². The summed E-state index contributed by atoms with van der Waals surface area (Å²) in [6.07, 6.45) is 0. The second-order valence-corrected chi connectivity index (χ2v) is 25.6. The first-order valence-corrected chi connectivity index (χ1v) is 29.9. The molecular weight excluding hydrogens is 1010 g/mol. The molecule has 0 bridgehead atoms. The lowest BCUT2D eigenvalue weighted by Crippen LogP contribution is -2.11. The smallest absolute Gasteiger partial charge is 0.0464 e. The Hall–Kier alpha value is -8.98. The Morgan fingerprint density at radius 3 is 0.690 bits per heavy atom. The van der Waals surface area contributed by atoms with Crippen molar-refractivity contribution in [1.29, 1.82) is 0 Å². The molecular formula is C82H80N2. The first-order valence-electron chi connectivity index (χ1n) is 29.9. The minimum atomic E-state index is 0.106. The summed E-state index contributed by atoms with van der Waals surface area (Å²) in [5.41, 5.74) is 34.4. The molecule has 0 aliphatic carbocycles. The van der Waals surface area contributed by atoms with Crippen molar-refractivity contribution in [3.63, 3.8) is 0 Å². The molecule has 0 fully saturated rings. The van der Waals surface area contributed by atoms with Gasteiger partial charge in [-0.05, 0) is 250 Å². The van der Waals surface area contributed by atoms with Crippen LogP contribution >= 0.6 is 0 Å². The summed E-state index contributed by atoms with van der Waals surface area (Å²) in [5, 5.41) is 0. The molecule has 2 nitrogen and oxygen atoms in total. The van der Waals surface area contributed by atoms with Crippen LogP contribution in [0.4, 0.5) is 34.1 Å². The highest BCUT2D eigenvalue weighted by molar-refractivity contribution is 5.87. The van der Waals surface area contributed by atoms with Crippen LogP contribution in [0.25, 0.3) is 66.8 Å². The zero-order valence-electron chi connectivity index (χ0n) is 51.8. The van der Waals surface area contributed by atoms with Crippen molar-refractivity contribution in [1.82, 2.24) is 0 Å². The SMILES string of the molecule is Cc1ccc(-c2ccc(N(c3ccc(-c4ccc(C(C)(C)C)cc4)cc3)c3ccc(-c4cc(C)c(-c5ccc(N(c6ccc(-c7ccc(C(C)(C)C)cc7)cc6)c6ccc(-c7ccc(C)cc7)c(C)c6)cc5C)cc4C)c(C)c3)cc2C)cc1. The predicted octanol–water partition coefficient (Wildman–Crippen LogP) is 23.7. The van der Waals surface area contributed by atoms with Crippen molar-refractivity contribution in [2.24, 2.45) is 0 Å². The maximum atomic E-state index is 2.41. The standard InChI is InChI=1S/C82H80N2/c1-53-15-19-65(20-16-53)75-43-39-71(47-55(75)3)83(69-35-27-63(28-36-69)61-23-31-67(32-24-61)81(9,10)11)73-41-45-77(57(5)49-73)79-51-60(8)80(52-59(79)7)78-46-42-74(50-58(78)6)84(72-40-44-76(56(4)48-72)66-21-17-54(2)18-22-66)70-37-29-64(30-38-70)62-25-33-68(34-26-62)82(12,13)14/h15-52H,1-14H3. The summed E-state index contributed by atoms with van der Waals surface area (Å²) in [7, 11) is 0. The van der Waals surface area contributed by atoms with Crippen molar-refractivity contribution in [2.45, 2.75) is 108 Å². The van der Waals surface area contributed by atoms with E-state index in [4.69, 9.17) is 0 Å². The summed E-state index contributed by atoms with van der Waals surface area (Å²) in [6, 6.07) is 86.6. The van der Waals surface area contributed by atoms with Crippen LogP contribution in [0.5, 0.6) is 0 Å². The molecule has 0 spiro atoms.